The van der Waals surface area contributed by atoms with Crippen LogP contribution in [0.1, 0.15) is 6.92 Å². The Morgan fingerprint density at radius 1 is 1.44 bits per heavy atom. The molecule has 82 valence electrons. The molecule has 1 aromatic carbocycles. The zero-order valence-corrected chi connectivity index (χ0v) is 8.51. The molecule has 0 spiro atoms. The van der Waals surface area contributed by atoms with Crippen LogP contribution >= 0.6 is 0 Å². The Bertz CT molecular complexity index is 507. The van der Waals surface area contributed by atoms with Gasteiger partial charge in [0.05, 0.1) is 5.16 Å². The zero-order valence-electron chi connectivity index (χ0n) is 8.51. The molecule has 0 saturated carbocycles. The number of hydrogen-bond donors (Lipinski definition) is 1. The normalized spacial score (nSPS) is 10.1. The van der Waals surface area contributed by atoms with Gasteiger partial charge in [0.25, 0.3) is 5.69 Å². The van der Waals surface area contributed by atoms with Crippen molar-refractivity contribution in [2.45, 2.75) is 6.92 Å². The van der Waals surface area contributed by atoms with Crippen LogP contribution < -0.4 is 10.2 Å². The van der Waals surface area contributed by atoms with Crippen LogP contribution in [-0.2, 0) is 4.79 Å². The number of aromatic nitrogens is 2. The molecule has 2 rings (SSSR count). The molecule has 0 aliphatic rings. The van der Waals surface area contributed by atoms with Crippen molar-refractivity contribution in [3.63, 3.8) is 0 Å². The SMILES string of the molecule is CC(=O)Nc1no[n+]([O-])c1-c1ccccc1. The van der Waals surface area contributed by atoms with Crippen molar-refractivity contribution in [2.24, 2.45) is 0 Å². The van der Waals surface area contributed by atoms with Gasteiger partial charge in [0.15, 0.2) is 0 Å². The minimum Gasteiger partial charge on any atom is -0.359 e. The molecule has 0 bridgehead atoms. The smallest absolute Gasteiger partial charge is 0.322 e. The molecule has 0 saturated heterocycles. The first-order valence-corrected chi connectivity index (χ1v) is 4.61. The third kappa shape index (κ3) is 1.85. The Labute approximate surface area is 91.0 Å². The summed E-state index contributed by atoms with van der Waals surface area (Å²) < 4.78 is 4.45. The van der Waals surface area contributed by atoms with Crippen LogP contribution in [0.5, 0.6) is 0 Å². The first-order valence-electron chi connectivity index (χ1n) is 4.61. The van der Waals surface area contributed by atoms with E-state index in [4.69, 9.17) is 0 Å². The standard InChI is InChI=1S/C10H9N3O3/c1-7(14)11-10-9(13(15)16-12-10)8-5-3-2-4-6-8/h2-6H,1H3,(H,11,12,14). The molecule has 1 amide bonds. The summed E-state index contributed by atoms with van der Waals surface area (Å²) in [6.07, 6.45) is 0. The summed E-state index contributed by atoms with van der Waals surface area (Å²) >= 11 is 0. The fourth-order valence-corrected chi connectivity index (χ4v) is 1.34. The fraction of sp³-hybridized carbons (Fsp3) is 0.100. The topological polar surface area (TPSA) is 82.1 Å². The highest BCUT2D eigenvalue weighted by molar-refractivity contribution is 5.90. The monoisotopic (exact) mass is 219 g/mol. The summed E-state index contributed by atoms with van der Waals surface area (Å²) in [4.78, 5) is 11.2. The fourth-order valence-electron chi connectivity index (χ4n) is 1.34. The Morgan fingerprint density at radius 2 is 2.12 bits per heavy atom. The lowest BCUT2D eigenvalue weighted by Gasteiger charge is -1.98. The molecular formula is C10H9N3O3. The molecule has 2 aromatic rings. The van der Waals surface area contributed by atoms with Gasteiger partial charge in [0.2, 0.25) is 5.91 Å². The largest absolute Gasteiger partial charge is 0.359 e. The second kappa shape index (κ2) is 4.01. The summed E-state index contributed by atoms with van der Waals surface area (Å²) in [5.41, 5.74) is 0.818. The van der Waals surface area contributed by atoms with Crippen LogP contribution in [-0.4, -0.2) is 11.1 Å². The number of hydrogen-bond acceptors (Lipinski definition) is 4. The summed E-state index contributed by atoms with van der Waals surface area (Å²) in [5.74, 6) is -0.195. The van der Waals surface area contributed by atoms with Gasteiger partial charge < -0.3 is 5.21 Å². The molecule has 0 aliphatic carbocycles. The first-order chi connectivity index (χ1) is 7.68. The average molecular weight is 219 g/mol. The molecule has 0 unspecified atom stereocenters. The predicted octanol–water partition coefficient (Wildman–Crippen LogP) is 0.933. The van der Waals surface area contributed by atoms with Gasteiger partial charge in [-0.15, -0.1) is 0 Å². The van der Waals surface area contributed by atoms with Crippen molar-refractivity contribution < 1.29 is 14.3 Å². The van der Waals surface area contributed by atoms with Crippen molar-refractivity contribution in [3.8, 4) is 11.3 Å². The van der Waals surface area contributed by atoms with Gasteiger partial charge in [-0.25, -0.2) is 0 Å². The van der Waals surface area contributed by atoms with Gasteiger partial charge in [-0.3, -0.25) is 14.7 Å². The van der Waals surface area contributed by atoms with Crippen molar-refractivity contribution >= 4 is 11.7 Å². The van der Waals surface area contributed by atoms with Crippen molar-refractivity contribution in [3.05, 3.63) is 35.5 Å². The van der Waals surface area contributed by atoms with E-state index in [9.17, 15) is 10.0 Å². The van der Waals surface area contributed by atoms with Gasteiger partial charge in [0.1, 0.15) is 0 Å². The maximum Gasteiger partial charge on any atom is 0.322 e. The van der Waals surface area contributed by atoms with Gasteiger partial charge in [-0.1, -0.05) is 30.3 Å². The van der Waals surface area contributed by atoms with E-state index in [-0.39, 0.29) is 22.3 Å². The molecule has 16 heavy (non-hydrogen) atoms. The lowest BCUT2D eigenvalue weighted by molar-refractivity contribution is -0.793. The summed E-state index contributed by atoms with van der Waals surface area (Å²) in [5, 5.41) is 17.3. The summed E-state index contributed by atoms with van der Waals surface area (Å²) in [6, 6.07) is 8.84. The molecule has 0 aliphatic heterocycles. The highest BCUT2D eigenvalue weighted by Gasteiger charge is 2.21. The number of carbonyl (C=O) groups is 1. The lowest BCUT2D eigenvalue weighted by atomic mass is 10.1. The lowest BCUT2D eigenvalue weighted by Crippen LogP contribution is -2.25. The maximum atomic E-state index is 11.4. The molecule has 0 radical (unpaired) electrons. The van der Waals surface area contributed by atoms with Crippen LogP contribution in [0.25, 0.3) is 11.3 Å². The van der Waals surface area contributed by atoms with Crippen LogP contribution in [0.15, 0.2) is 35.0 Å². The minimum absolute atomic E-state index is 0.119. The maximum absolute atomic E-state index is 11.4. The predicted molar refractivity (Wildman–Crippen MR) is 55.2 cm³/mol. The molecule has 1 heterocycles. The van der Waals surface area contributed by atoms with Crippen LogP contribution in [0.4, 0.5) is 5.82 Å². The number of nitrogens with one attached hydrogen (secondary N) is 1. The quantitative estimate of drug-likeness (QED) is 0.762. The van der Waals surface area contributed by atoms with E-state index >= 15 is 0 Å². The highest BCUT2D eigenvalue weighted by atomic mass is 16.8. The van der Waals surface area contributed by atoms with Gasteiger partial charge in [0, 0.05) is 12.5 Å². The van der Waals surface area contributed by atoms with E-state index in [1.165, 1.54) is 6.92 Å². The van der Waals surface area contributed by atoms with Crippen LogP contribution in [0.3, 0.4) is 0 Å². The van der Waals surface area contributed by atoms with Gasteiger partial charge in [-0.05, 0) is 4.90 Å². The van der Waals surface area contributed by atoms with Crippen LogP contribution in [0, 0.1) is 5.21 Å². The van der Waals surface area contributed by atoms with Crippen molar-refractivity contribution in [1.82, 2.24) is 5.16 Å². The third-order valence-corrected chi connectivity index (χ3v) is 1.95. The molecular weight excluding hydrogens is 210 g/mol. The number of amides is 1. The number of anilines is 1. The van der Waals surface area contributed by atoms with Crippen molar-refractivity contribution in [2.75, 3.05) is 5.32 Å². The van der Waals surface area contributed by atoms with E-state index < -0.39 is 0 Å². The van der Waals surface area contributed by atoms with E-state index in [0.29, 0.717) is 5.56 Å². The third-order valence-electron chi connectivity index (χ3n) is 1.95. The van der Waals surface area contributed by atoms with Gasteiger partial charge in [-0.2, -0.15) is 0 Å². The second-order valence-corrected chi connectivity index (χ2v) is 3.17. The minimum atomic E-state index is -0.314. The number of nitrogens with zero attached hydrogens (tertiary/aromatic N) is 2. The molecule has 1 aromatic heterocycles. The molecule has 6 nitrogen and oxygen atoms in total. The first kappa shape index (κ1) is 10.2. The highest BCUT2D eigenvalue weighted by Crippen LogP contribution is 2.22. The number of benzene rings is 1. The van der Waals surface area contributed by atoms with E-state index in [2.05, 4.69) is 15.1 Å². The second-order valence-electron chi connectivity index (χ2n) is 3.17. The Hall–Kier alpha value is -2.37. The van der Waals surface area contributed by atoms with Crippen LogP contribution in [0.2, 0.25) is 0 Å². The Morgan fingerprint density at radius 3 is 2.75 bits per heavy atom. The van der Waals surface area contributed by atoms with Crippen molar-refractivity contribution in [1.29, 1.82) is 0 Å². The summed E-state index contributed by atoms with van der Waals surface area (Å²) in [6.45, 7) is 1.33. The molecule has 0 atom stereocenters. The zero-order chi connectivity index (χ0) is 11.5. The van der Waals surface area contributed by atoms with E-state index in [0.717, 1.165) is 0 Å². The molecule has 1 N–H and O–H groups in total. The molecule has 6 heteroatoms. The number of rotatable bonds is 2. The Kier molecular flexibility index (Phi) is 2.55. The molecule has 0 fully saturated rings. The average Bonchev–Trinajstić information content (AvgIpc) is 2.60. The van der Waals surface area contributed by atoms with Gasteiger partial charge >= 0.3 is 5.82 Å². The number of carbonyl (C=O) groups excluding carboxylic acids is 1. The summed E-state index contributed by atoms with van der Waals surface area (Å²) in [7, 11) is 0. The van der Waals surface area contributed by atoms with E-state index in [1.807, 2.05) is 6.07 Å². The Balaban J connectivity index is 2.47. The van der Waals surface area contributed by atoms with E-state index in [1.54, 1.807) is 24.3 Å².